The molecule has 0 aliphatic carbocycles. The molecule has 7 aromatic rings. The number of aromatic nitrogens is 2. The number of aryl methyl sites for hydroxylation is 2. The van der Waals surface area contributed by atoms with E-state index in [9.17, 15) is 0 Å². The van der Waals surface area contributed by atoms with E-state index in [1.54, 1.807) is 0 Å². The molecule has 2 nitrogen and oxygen atoms in total. The molecule has 0 bridgehead atoms. The van der Waals surface area contributed by atoms with Crippen LogP contribution in [-0.2, 0) is 12.8 Å². The van der Waals surface area contributed by atoms with E-state index in [-0.39, 0.29) is 0 Å². The highest BCUT2D eigenvalue weighted by molar-refractivity contribution is 6.21. The maximum atomic E-state index is 4.48. The van der Waals surface area contributed by atoms with Gasteiger partial charge in [-0.1, -0.05) is 115 Å². The van der Waals surface area contributed by atoms with E-state index < -0.39 is 0 Å². The predicted molar refractivity (Wildman–Crippen MR) is 177 cm³/mol. The highest BCUT2D eigenvalue weighted by Gasteiger charge is 2.16. The topological polar surface area (TPSA) is 25.8 Å². The average Bonchev–Trinajstić information content (AvgIpc) is 3.07. The van der Waals surface area contributed by atoms with Crippen LogP contribution in [0.5, 0.6) is 0 Å². The molecule has 5 aromatic carbocycles. The summed E-state index contributed by atoms with van der Waals surface area (Å²) in [6.07, 6.45) is 9.78. The van der Waals surface area contributed by atoms with Gasteiger partial charge in [-0.05, 0) is 98.1 Å². The zero-order valence-corrected chi connectivity index (χ0v) is 23.3. The molecule has 0 fully saturated rings. The molecule has 0 unspecified atom stereocenters. The molecule has 0 amide bonds. The van der Waals surface area contributed by atoms with Crippen LogP contribution in [0.1, 0.15) is 22.5 Å². The molecule has 0 aliphatic rings. The number of benzene rings is 5. The third-order valence-corrected chi connectivity index (χ3v) is 7.90. The summed E-state index contributed by atoms with van der Waals surface area (Å²) in [5.74, 6) is 0. The Morgan fingerprint density at radius 3 is 1.48 bits per heavy atom. The Kier molecular flexibility index (Phi) is 7.10. The first-order valence-electron chi connectivity index (χ1n) is 14.5. The lowest BCUT2D eigenvalue weighted by atomic mass is 9.85. The lowest BCUT2D eigenvalue weighted by molar-refractivity contribution is 0.914. The lowest BCUT2D eigenvalue weighted by Crippen LogP contribution is -1.94. The van der Waals surface area contributed by atoms with Crippen LogP contribution in [0.4, 0.5) is 0 Å². The van der Waals surface area contributed by atoms with Crippen LogP contribution in [-0.4, -0.2) is 9.97 Å². The van der Waals surface area contributed by atoms with Crippen molar-refractivity contribution < 1.29 is 0 Å². The number of pyridine rings is 2. The second-order valence-electron chi connectivity index (χ2n) is 10.6. The highest BCUT2D eigenvalue weighted by Crippen LogP contribution is 2.43. The number of nitrogens with zero attached hydrogens (tertiary/aromatic N) is 2. The third-order valence-electron chi connectivity index (χ3n) is 7.90. The average molecular weight is 539 g/mol. The zero-order valence-electron chi connectivity index (χ0n) is 23.3. The number of hydrogen-bond donors (Lipinski definition) is 0. The Morgan fingerprint density at radius 1 is 0.429 bits per heavy atom. The quantitative estimate of drug-likeness (QED) is 0.189. The molecular weight excluding hydrogens is 508 g/mol. The van der Waals surface area contributed by atoms with E-state index in [1.807, 2.05) is 36.7 Å². The van der Waals surface area contributed by atoms with Crippen molar-refractivity contribution in [1.29, 1.82) is 0 Å². The van der Waals surface area contributed by atoms with Crippen molar-refractivity contribution in [3.63, 3.8) is 0 Å². The van der Waals surface area contributed by atoms with E-state index >= 15 is 0 Å². The van der Waals surface area contributed by atoms with E-state index in [0.717, 1.165) is 29.8 Å². The van der Waals surface area contributed by atoms with Gasteiger partial charge in [0.25, 0.3) is 0 Å². The molecule has 0 atom stereocenters. The first kappa shape index (κ1) is 25.6. The van der Waals surface area contributed by atoms with Crippen molar-refractivity contribution in [2.24, 2.45) is 0 Å². The van der Waals surface area contributed by atoms with Crippen molar-refractivity contribution in [3.05, 3.63) is 168 Å². The molecule has 0 spiro atoms. The Bertz CT molecular complexity index is 1930. The van der Waals surface area contributed by atoms with Crippen LogP contribution >= 0.6 is 0 Å². The van der Waals surface area contributed by atoms with Gasteiger partial charge in [0.15, 0.2) is 0 Å². The van der Waals surface area contributed by atoms with Gasteiger partial charge in [0.1, 0.15) is 0 Å². The van der Waals surface area contributed by atoms with Crippen LogP contribution in [0.3, 0.4) is 0 Å². The van der Waals surface area contributed by atoms with Gasteiger partial charge in [-0.2, -0.15) is 0 Å². The van der Waals surface area contributed by atoms with Gasteiger partial charge < -0.3 is 0 Å². The van der Waals surface area contributed by atoms with Crippen LogP contribution in [0, 0.1) is 0 Å². The first-order chi connectivity index (χ1) is 20.8. The fourth-order valence-electron chi connectivity index (χ4n) is 5.82. The van der Waals surface area contributed by atoms with Gasteiger partial charge in [0.2, 0.25) is 0 Å². The summed E-state index contributed by atoms with van der Waals surface area (Å²) in [5, 5.41) is 5.07. The second-order valence-corrected chi connectivity index (χ2v) is 10.6. The Hall–Kier alpha value is -5.34. The van der Waals surface area contributed by atoms with E-state index in [2.05, 4.69) is 131 Å². The van der Waals surface area contributed by atoms with Gasteiger partial charge in [0.05, 0.1) is 5.69 Å². The van der Waals surface area contributed by atoms with Gasteiger partial charge in [-0.15, -0.1) is 0 Å². The van der Waals surface area contributed by atoms with E-state index in [0.29, 0.717) is 0 Å². The number of fused-ring (bicyclic) bond motifs is 2. The van der Waals surface area contributed by atoms with Crippen molar-refractivity contribution in [3.8, 4) is 22.3 Å². The molecule has 0 saturated carbocycles. The lowest BCUT2D eigenvalue weighted by Gasteiger charge is -2.18. The van der Waals surface area contributed by atoms with Crippen molar-refractivity contribution in [1.82, 2.24) is 9.97 Å². The van der Waals surface area contributed by atoms with Crippen LogP contribution < -0.4 is 0 Å². The third kappa shape index (κ3) is 5.23. The monoisotopic (exact) mass is 538 g/mol. The summed E-state index contributed by atoms with van der Waals surface area (Å²) in [4.78, 5) is 8.88. The summed E-state index contributed by atoms with van der Waals surface area (Å²) in [7, 11) is 0. The van der Waals surface area contributed by atoms with Gasteiger partial charge in [-0.25, -0.2) is 0 Å². The maximum absolute atomic E-state index is 4.48. The zero-order chi connectivity index (χ0) is 28.1. The summed E-state index contributed by atoms with van der Waals surface area (Å²) >= 11 is 0. The summed E-state index contributed by atoms with van der Waals surface area (Å²) in [6.45, 7) is 0. The second kappa shape index (κ2) is 11.6. The normalized spacial score (nSPS) is 11.4. The SMILES string of the molecule is C(=Cc1ccccn1)c1ccc(-c2c3ccccc3c(-c3ccc(CCc4ccccn4)cc3)c3ccccc23)cc1. The molecule has 0 saturated heterocycles. The highest BCUT2D eigenvalue weighted by atomic mass is 14.7. The van der Waals surface area contributed by atoms with Crippen LogP contribution in [0.25, 0.3) is 56.0 Å². The fraction of sp³-hybridized carbons (Fsp3) is 0.0500. The maximum Gasteiger partial charge on any atom is 0.0629 e. The Labute approximate surface area is 246 Å². The number of hydrogen-bond acceptors (Lipinski definition) is 2. The minimum atomic E-state index is 0.943. The molecular formula is C40H30N2. The largest absolute Gasteiger partial charge is 0.261 e. The molecule has 7 rings (SSSR count). The minimum Gasteiger partial charge on any atom is -0.261 e. The molecule has 0 N–H and O–H groups in total. The van der Waals surface area contributed by atoms with Crippen molar-refractivity contribution in [2.75, 3.05) is 0 Å². The molecule has 2 heteroatoms. The smallest absolute Gasteiger partial charge is 0.0629 e. The standard InChI is InChI=1S/C40H30N2/c1-2-12-36-35(11-1)39(31-21-15-29(16-22-31)19-25-33-9-5-7-27-41-33)37-13-3-4-14-38(37)40(36)32-23-17-30(18-24-32)20-26-34-10-6-8-28-42-34/h1-19,21-25,27-28H,20,26H2. The first-order valence-corrected chi connectivity index (χ1v) is 14.5. The van der Waals surface area contributed by atoms with Crippen molar-refractivity contribution in [2.45, 2.75) is 12.8 Å². The van der Waals surface area contributed by atoms with Gasteiger partial charge in [0, 0.05) is 18.1 Å². The van der Waals surface area contributed by atoms with E-state index in [4.69, 9.17) is 0 Å². The Balaban J connectivity index is 1.28. The summed E-state index contributed by atoms with van der Waals surface area (Å²) in [5.41, 5.74) is 9.58. The van der Waals surface area contributed by atoms with E-state index in [1.165, 1.54) is 49.4 Å². The number of rotatable bonds is 7. The molecule has 200 valence electrons. The molecule has 0 aliphatic heterocycles. The minimum absolute atomic E-state index is 0.943. The van der Waals surface area contributed by atoms with Gasteiger partial charge >= 0.3 is 0 Å². The fourth-order valence-corrected chi connectivity index (χ4v) is 5.82. The Morgan fingerprint density at radius 2 is 0.952 bits per heavy atom. The van der Waals surface area contributed by atoms with Crippen molar-refractivity contribution >= 4 is 33.7 Å². The summed E-state index contributed by atoms with van der Waals surface area (Å²) in [6, 6.07) is 47.7. The van der Waals surface area contributed by atoms with Crippen LogP contribution in [0.15, 0.2) is 146 Å². The molecule has 0 radical (unpaired) electrons. The predicted octanol–water partition coefficient (Wildman–Crippen LogP) is 10.1. The van der Waals surface area contributed by atoms with Crippen LogP contribution in [0.2, 0.25) is 0 Å². The van der Waals surface area contributed by atoms with Gasteiger partial charge in [-0.3, -0.25) is 9.97 Å². The summed E-state index contributed by atoms with van der Waals surface area (Å²) < 4.78 is 0. The molecule has 42 heavy (non-hydrogen) atoms. The molecule has 2 heterocycles. The molecule has 2 aromatic heterocycles.